The molecular formula is C13H21NO7. The lowest BCUT2D eigenvalue weighted by molar-refractivity contribution is -0.180. The van der Waals surface area contributed by atoms with Gasteiger partial charge in [-0.1, -0.05) is 0 Å². The lowest BCUT2D eigenvalue weighted by Crippen LogP contribution is -2.50. The van der Waals surface area contributed by atoms with Gasteiger partial charge in [0, 0.05) is 34.9 Å². The average molecular weight is 303 g/mol. The van der Waals surface area contributed by atoms with Gasteiger partial charge in [0.1, 0.15) is 18.8 Å². The first-order chi connectivity index (χ1) is 9.77. The minimum absolute atomic E-state index is 0.0603. The number of carbonyl (C=O) groups excluding carboxylic acids is 3. The first kappa shape index (κ1) is 17.4. The van der Waals surface area contributed by atoms with Crippen LogP contribution in [0.25, 0.3) is 0 Å². The van der Waals surface area contributed by atoms with Crippen LogP contribution in [0.2, 0.25) is 0 Å². The van der Waals surface area contributed by atoms with Gasteiger partial charge in [-0.2, -0.15) is 0 Å². The number of likely N-dealkylation sites (N-methyl/N-ethyl adjacent to an activating group) is 1. The van der Waals surface area contributed by atoms with E-state index in [9.17, 15) is 14.4 Å². The Kier molecular flexibility index (Phi) is 6.10. The van der Waals surface area contributed by atoms with Crippen LogP contribution in [0.5, 0.6) is 0 Å². The molecule has 8 heteroatoms. The molecule has 1 fully saturated rings. The van der Waals surface area contributed by atoms with Crippen molar-refractivity contribution in [1.82, 2.24) is 4.90 Å². The number of rotatable bonds is 5. The fourth-order valence-corrected chi connectivity index (χ4v) is 2.23. The molecule has 120 valence electrons. The van der Waals surface area contributed by atoms with Gasteiger partial charge in [0.15, 0.2) is 12.4 Å². The van der Waals surface area contributed by atoms with Crippen LogP contribution in [0, 0.1) is 0 Å². The highest BCUT2D eigenvalue weighted by molar-refractivity contribution is 5.73. The molecule has 0 aliphatic carbocycles. The molecule has 1 saturated heterocycles. The van der Waals surface area contributed by atoms with Crippen LogP contribution in [0.3, 0.4) is 0 Å². The monoisotopic (exact) mass is 303 g/mol. The fourth-order valence-electron chi connectivity index (χ4n) is 2.23. The van der Waals surface area contributed by atoms with E-state index in [0.29, 0.717) is 0 Å². The van der Waals surface area contributed by atoms with Crippen molar-refractivity contribution in [3.8, 4) is 0 Å². The van der Waals surface area contributed by atoms with Gasteiger partial charge in [-0.05, 0) is 0 Å². The quantitative estimate of drug-likeness (QED) is 0.644. The summed E-state index contributed by atoms with van der Waals surface area (Å²) in [4.78, 5) is 35.2. The summed E-state index contributed by atoms with van der Waals surface area (Å²) in [6.45, 7) is 3.86. The maximum Gasteiger partial charge on any atom is 0.303 e. The molecule has 4 atom stereocenters. The Hall–Kier alpha value is -1.67. The number of carbonyl (C=O) groups is 3. The largest absolute Gasteiger partial charge is 0.463 e. The van der Waals surface area contributed by atoms with Gasteiger partial charge in [-0.3, -0.25) is 14.4 Å². The lowest BCUT2D eigenvalue weighted by Gasteiger charge is -2.30. The second-order valence-corrected chi connectivity index (χ2v) is 4.78. The summed E-state index contributed by atoms with van der Waals surface area (Å²) in [7, 11) is 2.96. The van der Waals surface area contributed by atoms with Crippen molar-refractivity contribution >= 4 is 17.8 Å². The highest BCUT2D eigenvalue weighted by Crippen LogP contribution is 2.28. The van der Waals surface area contributed by atoms with Crippen molar-refractivity contribution in [2.75, 3.05) is 20.8 Å². The number of hydrogen-bond donors (Lipinski definition) is 0. The summed E-state index contributed by atoms with van der Waals surface area (Å²) in [6.07, 6.45) is -2.26. The minimum Gasteiger partial charge on any atom is -0.463 e. The number of hydrogen-bond acceptors (Lipinski definition) is 7. The second kappa shape index (κ2) is 7.37. The maximum atomic E-state index is 11.6. The molecule has 0 aromatic carbocycles. The normalized spacial score (nSPS) is 28.0. The standard InChI is InChI=1S/C13H21NO7/c1-7(15)14(4)11-10(6-19-8(2)16)21-13(18-5)12(11)20-9(3)17/h10-13H,6H2,1-5H3/t10-,11-,12-,13+/m1/s1. The zero-order valence-electron chi connectivity index (χ0n) is 12.8. The van der Waals surface area contributed by atoms with E-state index in [2.05, 4.69) is 0 Å². The molecule has 0 unspecified atom stereocenters. The van der Waals surface area contributed by atoms with Crippen LogP contribution >= 0.6 is 0 Å². The van der Waals surface area contributed by atoms with Gasteiger partial charge in [-0.25, -0.2) is 0 Å². The smallest absolute Gasteiger partial charge is 0.303 e. The number of amides is 1. The molecule has 1 amide bonds. The van der Waals surface area contributed by atoms with Gasteiger partial charge < -0.3 is 23.8 Å². The highest BCUT2D eigenvalue weighted by atomic mass is 16.7. The number of nitrogens with zero attached hydrogens (tertiary/aromatic N) is 1. The predicted molar refractivity (Wildman–Crippen MR) is 70.1 cm³/mol. The Labute approximate surface area is 123 Å². The molecule has 0 N–H and O–H groups in total. The van der Waals surface area contributed by atoms with E-state index >= 15 is 0 Å². The van der Waals surface area contributed by atoms with Crippen LogP contribution in [0.1, 0.15) is 20.8 Å². The molecule has 1 aliphatic heterocycles. The van der Waals surface area contributed by atoms with Gasteiger partial charge in [-0.15, -0.1) is 0 Å². The summed E-state index contributed by atoms with van der Waals surface area (Å²) in [5, 5.41) is 0. The third-order valence-corrected chi connectivity index (χ3v) is 3.22. The van der Waals surface area contributed by atoms with E-state index in [1.54, 1.807) is 7.05 Å². The zero-order chi connectivity index (χ0) is 16.2. The molecule has 1 aliphatic rings. The van der Waals surface area contributed by atoms with Crippen molar-refractivity contribution in [3.63, 3.8) is 0 Å². The second-order valence-electron chi connectivity index (χ2n) is 4.78. The van der Waals surface area contributed by atoms with Crippen molar-refractivity contribution in [1.29, 1.82) is 0 Å². The lowest BCUT2D eigenvalue weighted by atomic mass is 10.1. The molecule has 1 heterocycles. The summed E-state index contributed by atoms with van der Waals surface area (Å²) < 4.78 is 20.9. The van der Waals surface area contributed by atoms with Gasteiger partial charge in [0.05, 0.1) is 0 Å². The van der Waals surface area contributed by atoms with E-state index in [1.165, 1.54) is 32.8 Å². The van der Waals surface area contributed by atoms with Crippen molar-refractivity contribution in [2.24, 2.45) is 0 Å². The Morgan fingerprint density at radius 2 is 1.76 bits per heavy atom. The molecule has 0 saturated carbocycles. The first-order valence-electron chi connectivity index (χ1n) is 6.50. The topological polar surface area (TPSA) is 91.4 Å². The van der Waals surface area contributed by atoms with Crippen LogP contribution < -0.4 is 0 Å². The van der Waals surface area contributed by atoms with Crippen LogP contribution in [0.15, 0.2) is 0 Å². The van der Waals surface area contributed by atoms with Crippen molar-refractivity contribution in [3.05, 3.63) is 0 Å². The van der Waals surface area contributed by atoms with Crippen molar-refractivity contribution in [2.45, 2.75) is 45.3 Å². The first-order valence-corrected chi connectivity index (χ1v) is 6.50. The Morgan fingerprint density at radius 3 is 2.19 bits per heavy atom. The van der Waals surface area contributed by atoms with E-state index in [-0.39, 0.29) is 12.5 Å². The fraction of sp³-hybridized carbons (Fsp3) is 0.769. The van der Waals surface area contributed by atoms with Crippen molar-refractivity contribution < 1.29 is 33.3 Å². The molecule has 0 radical (unpaired) electrons. The predicted octanol–water partition coefficient (Wildman–Crippen LogP) is -0.301. The van der Waals surface area contributed by atoms with Gasteiger partial charge >= 0.3 is 11.9 Å². The van der Waals surface area contributed by atoms with E-state index < -0.39 is 36.5 Å². The summed E-state index contributed by atoms with van der Waals surface area (Å²) in [6, 6.07) is -0.601. The Bertz CT molecular complexity index is 411. The Balaban J connectivity index is 2.97. The number of esters is 2. The summed E-state index contributed by atoms with van der Waals surface area (Å²) in [5.41, 5.74) is 0. The third-order valence-electron chi connectivity index (χ3n) is 3.22. The number of ether oxygens (including phenoxy) is 4. The molecule has 0 bridgehead atoms. The van der Waals surface area contributed by atoms with E-state index in [1.807, 2.05) is 0 Å². The summed E-state index contributed by atoms with van der Waals surface area (Å²) in [5.74, 6) is -1.21. The minimum atomic E-state index is -0.832. The molecule has 21 heavy (non-hydrogen) atoms. The van der Waals surface area contributed by atoms with Gasteiger partial charge in [0.25, 0.3) is 0 Å². The van der Waals surface area contributed by atoms with Crippen LogP contribution in [-0.4, -0.2) is 68.0 Å². The van der Waals surface area contributed by atoms with E-state index in [0.717, 1.165) is 0 Å². The molecular weight excluding hydrogens is 282 g/mol. The van der Waals surface area contributed by atoms with Crippen LogP contribution in [-0.2, 0) is 33.3 Å². The van der Waals surface area contributed by atoms with Crippen LogP contribution in [0.4, 0.5) is 0 Å². The molecule has 0 spiro atoms. The molecule has 1 rings (SSSR count). The summed E-state index contributed by atoms with van der Waals surface area (Å²) >= 11 is 0. The molecule has 8 nitrogen and oxygen atoms in total. The highest BCUT2D eigenvalue weighted by Gasteiger charge is 2.50. The van der Waals surface area contributed by atoms with E-state index in [4.69, 9.17) is 18.9 Å². The molecule has 0 aromatic heterocycles. The SMILES string of the molecule is CO[C@H]1O[C@H](COC(C)=O)[C@@H](N(C)C(C)=O)[C@H]1OC(C)=O. The van der Waals surface area contributed by atoms with Gasteiger partial charge in [0.2, 0.25) is 5.91 Å². The average Bonchev–Trinajstić information content (AvgIpc) is 2.72. The molecule has 0 aromatic rings. The third kappa shape index (κ3) is 4.40. The Morgan fingerprint density at radius 1 is 1.14 bits per heavy atom. The maximum absolute atomic E-state index is 11.6. The number of methoxy groups -OCH3 is 1. The zero-order valence-corrected chi connectivity index (χ0v) is 12.8.